The van der Waals surface area contributed by atoms with Crippen molar-refractivity contribution in [2.45, 2.75) is 25.0 Å². The fraction of sp³-hybridized carbons (Fsp3) is 0.350. The van der Waals surface area contributed by atoms with Crippen LogP contribution in [-0.4, -0.2) is 19.7 Å². The summed E-state index contributed by atoms with van der Waals surface area (Å²) in [5.74, 6) is -0.400. The predicted molar refractivity (Wildman–Crippen MR) is 92.0 cm³/mol. The number of para-hydroxylation sites is 1. The molecule has 4 rings (SSSR count). The highest BCUT2D eigenvalue weighted by molar-refractivity contribution is 5.96. The van der Waals surface area contributed by atoms with Gasteiger partial charge in [-0.05, 0) is 36.6 Å². The molecule has 1 saturated heterocycles. The molecule has 2 heterocycles. The lowest BCUT2D eigenvalue weighted by molar-refractivity contribution is -0.0382. The Morgan fingerprint density at radius 2 is 2.04 bits per heavy atom. The average Bonchev–Trinajstić information content (AvgIpc) is 2.67. The Balaban J connectivity index is 1.81. The largest absolute Gasteiger partial charge is 0.465 e. The van der Waals surface area contributed by atoms with Crippen LogP contribution >= 0.6 is 0 Å². The minimum Gasteiger partial charge on any atom is -0.465 e. The van der Waals surface area contributed by atoms with Crippen molar-refractivity contribution in [3.63, 3.8) is 0 Å². The van der Waals surface area contributed by atoms with E-state index in [0.29, 0.717) is 12.2 Å². The fourth-order valence-corrected chi connectivity index (χ4v) is 3.98. The highest BCUT2D eigenvalue weighted by Crippen LogP contribution is 2.50. The molecule has 0 radical (unpaired) electrons. The molecule has 1 N–H and O–H groups in total. The maximum absolute atomic E-state index is 13.3. The third-order valence-corrected chi connectivity index (χ3v) is 5.13. The smallest absolute Gasteiger partial charge is 0.339 e. The van der Waals surface area contributed by atoms with E-state index in [1.807, 2.05) is 12.1 Å². The second kappa shape index (κ2) is 6.48. The number of fused-ring (bicyclic) bond motifs is 3. The normalized spacial score (nSPS) is 24.6. The number of benzene rings is 2. The van der Waals surface area contributed by atoms with E-state index >= 15 is 0 Å². The van der Waals surface area contributed by atoms with Gasteiger partial charge in [-0.2, -0.15) is 0 Å². The van der Waals surface area contributed by atoms with Crippen molar-refractivity contribution in [3.05, 3.63) is 65.0 Å². The van der Waals surface area contributed by atoms with Crippen molar-refractivity contribution in [2.24, 2.45) is 5.92 Å². The second-order valence-corrected chi connectivity index (χ2v) is 6.53. The molecule has 25 heavy (non-hydrogen) atoms. The number of carbonyl (C=O) groups excluding carboxylic acids is 1. The van der Waals surface area contributed by atoms with Crippen LogP contribution in [0.25, 0.3) is 0 Å². The van der Waals surface area contributed by atoms with E-state index in [2.05, 4.69) is 5.32 Å². The maximum atomic E-state index is 13.3. The van der Waals surface area contributed by atoms with E-state index in [4.69, 9.17) is 9.47 Å². The van der Waals surface area contributed by atoms with E-state index in [9.17, 15) is 9.18 Å². The van der Waals surface area contributed by atoms with Gasteiger partial charge in [-0.3, -0.25) is 0 Å². The van der Waals surface area contributed by atoms with Crippen LogP contribution in [0.1, 0.15) is 46.5 Å². The molecule has 4 nitrogen and oxygen atoms in total. The van der Waals surface area contributed by atoms with Gasteiger partial charge in [-0.15, -0.1) is 0 Å². The molecule has 2 aromatic rings. The molecule has 0 aromatic heterocycles. The lowest BCUT2D eigenvalue weighted by Crippen LogP contribution is -2.36. The molecule has 0 amide bonds. The van der Waals surface area contributed by atoms with Crippen molar-refractivity contribution in [2.75, 3.05) is 19.0 Å². The summed E-state index contributed by atoms with van der Waals surface area (Å²) in [6.07, 6.45) is 1.93. The third kappa shape index (κ3) is 2.78. The van der Waals surface area contributed by atoms with E-state index in [-0.39, 0.29) is 29.9 Å². The van der Waals surface area contributed by atoms with E-state index in [1.165, 1.54) is 19.2 Å². The van der Waals surface area contributed by atoms with E-state index in [0.717, 1.165) is 29.7 Å². The number of rotatable bonds is 2. The summed E-state index contributed by atoms with van der Waals surface area (Å²) >= 11 is 0. The number of hydrogen-bond acceptors (Lipinski definition) is 4. The van der Waals surface area contributed by atoms with Crippen molar-refractivity contribution >= 4 is 11.7 Å². The van der Waals surface area contributed by atoms with Crippen molar-refractivity contribution in [3.8, 4) is 0 Å². The summed E-state index contributed by atoms with van der Waals surface area (Å²) in [4.78, 5) is 12.2. The first kappa shape index (κ1) is 16.1. The zero-order valence-electron chi connectivity index (χ0n) is 14.0. The van der Waals surface area contributed by atoms with Gasteiger partial charge in [0.15, 0.2) is 0 Å². The molecule has 0 spiro atoms. The summed E-state index contributed by atoms with van der Waals surface area (Å²) in [5.41, 5.74) is 3.24. The van der Waals surface area contributed by atoms with Gasteiger partial charge in [-0.25, -0.2) is 9.18 Å². The molecule has 3 atom stereocenters. The number of halogens is 1. The first-order valence-electron chi connectivity index (χ1n) is 8.54. The van der Waals surface area contributed by atoms with Crippen LogP contribution in [0.15, 0.2) is 42.5 Å². The molecule has 130 valence electrons. The molecular weight excluding hydrogens is 321 g/mol. The van der Waals surface area contributed by atoms with Gasteiger partial charge < -0.3 is 14.8 Å². The Bertz CT molecular complexity index is 790. The van der Waals surface area contributed by atoms with Crippen molar-refractivity contribution < 1.29 is 18.7 Å². The van der Waals surface area contributed by atoms with Crippen LogP contribution in [0.5, 0.6) is 0 Å². The van der Waals surface area contributed by atoms with Gasteiger partial charge >= 0.3 is 5.97 Å². The summed E-state index contributed by atoms with van der Waals surface area (Å²) < 4.78 is 24.3. The molecular formula is C20H20FNO3. The third-order valence-electron chi connectivity index (χ3n) is 5.13. The molecule has 0 unspecified atom stereocenters. The Labute approximate surface area is 146 Å². The molecule has 0 bridgehead atoms. The minimum absolute atomic E-state index is 0.0378. The van der Waals surface area contributed by atoms with Crippen LogP contribution in [0.2, 0.25) is 0 Å². The van der Waals surface area contributed by atoms with Gasteiger partial charge in [-0.1, -0.05) is 24.3 Å². The van der Waals surface area contributed by atoms with Crippen LogP contribution in [0.3, 0.4) is 0 Å². The first-order valence-corrected chi connectivity index (χ1v) is 8.54. The highest BCUT2D eigenvalue weighted by Gasteiger charge is 2.41. The lowest BCUT2D eigenvalue weighted by Gasteiger charge is -2.43. The van der Waals surface area contributed by atoms with Crippen LogP contribution < -0.4 is 5.32 Å². The van der Waals surface area contributed by atoms with Gasteiger partial charge in [0.05, 0.1) is 30.5 Å². The van der Waals surface area contributed by atoms with Crippen molar-refractivity contribution in [1.82, 2.24) is 0 Å². The Hall–Kier alpha value is -2.40. The number of esters is 1. The molecule has 5 heteroatoms. The molecule has 2 aromatic carbocycles. The number of nitrogens with one attached hydrogen (secondary N) is 1. The minimum atomic E-state index is -0.378. The average molecular weight is 341 g/mol. The summed E-state index contributed by atoms with van der Waals surface area (Å²) in [6, 6.07) is 12.1. The Morgan fingerprint density at radius 1 is 1.24 bits per heavy atom. The van der Waals surface area contributed by atoms with Gasteiger partial charge in [0.2, 0.25) is 0 Å². The van der Waals surface area contributed by atoms with Gasteiger partial charge in [0, 0.05) is 18.1 Å². The summed E-state index contributed by atoms with van der Waals surface area (Å²) in [7, 11) is 1.38. The van der Waals surface area contributed by atoms with E-state index in [1.54, 1.807) is 18.2 Å². The zero-order chi connectivity index (χ0) is 17.4. The standard InChI is InChI=1S/C20H20FNO3/c1-24-20(23)16-5-2-4-15-18(16)22-17(12-7-9-13(21)10-8-12)14-6-3-11-25-19(14)15/h2,4-5,7-10,14,17,19,22H,3,6,11H2,1H3/t14-,17+,19-/m1/s1. The number of methoxy groups -OCH3 is 1. The molecule has 0 saturated carbocycles. The van der Waals surface area contributed by atoms with Gasteiger partial charge in [0.1, 0.15) is 5.82 Å². The molecule has 0 aliphatic carbocycles. The first-order chi connectivity index (χ1) is 12.2. The SMILES string of the molecule is COC(=O)c1cccc2c1N[C@@H](c1ccc(F)cc1)[C@H]1CCCO[C@@H]21. The van der Waals surface area contributed by atoms with Gasteiger partial charge in [0.25, 0.3) is 0 Å². The molecule has 2 aliphatic rings. The Morgan fingerprint density at radius 3 is 2.80 bits per heavy atom. The number of ether oxygens (including phenoxy) is 2. The second-order valence-electron chi connectivity index (χ2n) is 6.53. The maximum Gasteiger partial charge on any atom is 0.339 e. The lowest BCUT2D eigenvalue weighted by atomic mass is 9.77. The summed E-state index contributed by atoms with van der Waals surface area (Å²) in [5, 5.41) is 3.51. The number of hydrogen-bond donors (Lipinski definition) is 1. The predicted octanol–water partition coefficient (Wildman–Crippen LogP) is 4.25. The molecule has 1 fully saturated rings. The van der Waals surface area contributed by atoms with Crippen LogP contribution in [0, 0.1) is 11.7 Å². The van der Waals surface area contributed by atoms with Crippen LogP contribution in [-0.2, 0) is 9.47 Å². The quantitative estimate of drug-likeness (QED) is 0.830. The van der Waals surface area contributed by atoms with E-state index < -0.39 is 0 Å². The number of carbonyl (C=O) groups is 1. The molecule has 2 aliphatic heterocycles. The highest BCUT2D eigenvalue weighted by atomic mass is 19.1. The Kier molecular flexibility index (Phi) is 4.17. The monoisotopic (exact) mass is 341 g/mol. The zero-order valence-corrected chi connectivity index (χ0v) is 14.0. The van der Waals surface area contributed by atoms with Crippen molar-refractivity contribution in [1.29, 1.82) is 0 Å². The topological polar surface area (TPSA) is 47.6 Å². The van der Waals surface area contributed by atoms with Crippen LogP contribution in [0.4, 0.5) is 10.1 Å². The number of anilines is 1. The fourth-order valence-electron chi connectivity index (χ4n) is 3.98. The summed E-state index contributed by atoms with van der Waals surface area (Å²) in [6.45, 7) is 0.708.